The number of nitrogens with zero attached hydrogens (tertiary/aromatic N) is 4. The van der Waals surface area contributed by atoms with Crippen molar-refractivity contribution in [1.29, 1.82) is 0 Å². The van der Waals surface area contributed by atoms with Gasteiger partial charge in [-0.3, -0.25) is 9.48 Å². The van der Waals surface area contributed by atoms with Crippen LogP contribution in [0.3, 0.4) is 0 Å². The summed E-state index contributed by atoms with van der Waals surface area (Å²) in [6, 6.07) is -0.0340. The molecule has 0 fully saturated rings. The van der Waals surface area contributed by atoms with Crippen LogP contribution in [-0.4, -0.2) is 38.2 Å². The van der Waals surface area contributed by atoms with Gasteiger partial charge in [0.05, 0.1) is 12.2 Å². The van der Waals surface area contributed by atoms with Gasteiger partial charge in [-0.25, -0.2) is 9.97 Å². The Morgan fingerprint density at radius 3 is 3.00 bits per heavy atom. The van der Waals surface area contributed by atoms with Gasteiger partial charge in [-0.1, -0.05) is 11.3 Å². The van der Waals surface area contributed by atoms with Gasteiger partial charge in [0.25, 0.3) is 5.91 Å². The average molecular weight is 294 g/mol. The van der Waals surface area contributed by atoms with E-state index in [1.54, 1.807) is 11.0 Å². The molecule has 20 heavy (non-hydrogen) atoms. The predicted molar refractivity (Wildman–Crippen MR) is 78.0 cm³/mol. The lowest BCUT2D eigenvalue weighted by Crippen LogP contribution is -2.35. The number of thiazole rings is 1. The first-order chi connectivity index (χ1) is 9.60. The summed E-state index contributed by atoms with van der Waals surface area (Å²) < 4.78 is 1.69. The van der Waals surface area contributed by atoms with Crippen LogP contribution in [0.4, 0.5) is 5.13 Å². The maximum atomic E-state index is 12.2. The zero-order valence-corrected chi connectivity index (χ0v) is 12.6. The number of rotatable bonds is 6. The molecule has 1 unspecified atom stereocenters. The Bertz CT molecular complexity index is 565. The van der Waals surface area contributed by atoms with Gasteiger partial charge in [0, 0.05) is 12.6 Å². The van der Waals surface area contributed by atoms with Gasteiger partial charge in [-0.15, -0.1) is 0 Å². The van der Waals surface area contributed by atoms with Crippen LogP contribution in [0.5, 0.6) is 0 Å². The third kappa shape index (κ3) is 3.53. The Hall–Kier alpha value is -1.96. The highest BCUT2D eigenvalue weighted by Gasteiger charge is 2.17. The average Bonchev–Trinajstić information content (AvgIpc) is 2.99. The molecule has 0 saturated heterocycles. The molecule has 2 N–H and O–H groups in total. The van der Waals surface area contributed by atoms with E-state index < -0.39 is 0 Å². The number of aryl methyl sites for hydroxylation is 1. The van der Waals surface area contributed by atoms with Gasteiger partial charge in [-0.05, 0) is 20.8 Å². The van der Waals surface area contributed by atoms with Crippen LogP contribution in [0.25, 0.3) is 0 Å². The van der Waals surface area contributed by atoms with Crippen molar-refractivity contribution in [3.05, 3.63) is 23.2 Å². The minimum absolute atomic E-state index is 0.0340. The molecule has 1 atom stereocenters. The maximum Gasteiger partial charge on any atom is 0.263 e. The number of carbonyl (C=O) groups is 1. The second kappa shape index (κ2) is 6.47. The molecular formula is C12H18N6OS. The molecule has 2 rings (SSSR count). The molecule has 0 radical (unpaired) electrons. The van der Waals surface area contributed by atoms with Crippen LogP contribution < -0.4 is 10.6 Å². The summed E-state index contributed by atoms with van der Waals surface area (Å²) >= 11 is 1.37. The zero-order valence-electron chi connectivity index (χ0n) is 11.8. The van der Waals surface area contributed by atoms with Gasteiger partial charge in [0.2, 0.25) is 0 Å². The van der Waals surface area contributed by atoms with E-state index in [-0.39, 0.29) is 11.9 Å². The van der Waals surface area contributed by atoms with Crippen LogP contribution >= 0.6 is 11.3 Å². The maximum absolute atomic E-state index is 12.2. The van der Waals surface area contributed by atoms with Crippen LogP contribution in [0.15, 0.2) is 12.7 Å². The third-order valence-corrected chi connectivity index (χ3v) is 3.75. The zero-order chi connectivity index (χ0) is 14.5. The fraction of sp³-hybridized carbons (Fsp3) is 0.500. The SMILES string of the molecule is CCNc1nc(C)c(C(=O)NC(C)Cn2cncn2)s1. The molecule has 0 aliphatic rings. The first-order valence-electron chi connectivity index (χ1n) is 6.44. The van der Waals surface area contributed by atoms with Gasteiger partial charge >= 0.3 is 0 Å². The molecular weight excluding hydrogens is 276 g/mol. The number of hydrogen-bond donors (Lipinski definition) is 2. The summed E-state index contributed by atoms with van der Waals surface area (Å²) in [6.45, 7) is 7.15. The minimum atomic E-state index is -0.100. The third-order valence-electron chi connectivity index (χ3n) is 2.64. The number of hydrogen-bond acceptors (Lipinski definition) is 6. The molecule has 0 aliphatic heterocycles. The van der Waals surface area contributed by atoms with Crippen molar-refractivity contribution in [2.75, 3.05) is 11.9 Å². The lowest BCUT2D eigenvalue weighted by Gasteiger charge is -2.12. The number of carbonyl (C=O) groups excluding carboxylic acids is 1. The fourth-order valence-corrected chi connectivity index (χ4v) is 2.71. The number of amides is 1. The molecule has 0 spiro atoms. The highest BCUT2D eigenvalue weighted by Crippen LogP contribution is 2.22. The first-order valence-corrected chi connectivity index (χ1v) is 7.26. The van der Waals surface area contributed by atoms with Gasteiger partial charge in [-0.2, -0.15) is 5.10 Å². The molecule has 8 heteroatoms. The van der Waals surface area contributed by atoms with Gasteiger partial charge in [0.15, 0.2) is 5.13 Å². The van der Waals surface area contributed by atoms with Crippen molar-refractivity contribution in [3.8, 4) is 0 Å². The summed E-state index contributed by atoms with van der Waals surface area (Å²) in [4.78, 5) is 21.0. The quantitative estimate of drug-likeness (QED) is 0.838. The van der Waals surface area contributed by atoms with Crippen molar-refractivity contribution in [1.82, 2.24) is 25.1 Å². The van der Waals surface area contributed by atoms with Crippen molar-refractivity contribution < 1.29 is 4.79 Å². The van der Waals surface area contributed by atoms with Crippen molar-refractivity contribution in [3.63, 3.8) is 0 Å². The Morgan fingerprint density at radius 2 is 2.35 bits per heavy atom. The minimum Gasteiger partial charge on any atom is -0.362 e. The number of aromatic nitrogens is 4. The Labute approximate surface area is 121 Å². The van der Waals surface area contributed by atoms with Crippen LogP contribution in [-0.2, 0) is 6.54 Å². The lowest BCUT2D eigenvalue weighted by atomic mass is 10.3. The fourth-order valence-electron chi connectivity index (χ4n) is 1.78. The predicted octanol–water partition coefficient (Wildman–Crippen LogP) is 1.29. The highest BCUT2D eigenvalue weighted by atomic mass is 32.1. The summed E-state index contributed by atoms with van der Waals surface area (Å²) in [5.74, 6) is -0.100. The van der Waals surface area contributed by atoms with E-state index in [2.05, 4.69) is 25.7 Å². The van der Waals surface area contributed by atoms with E-state index in [0.29, 0.717) is 11.4 Å². The monoisotopic (exact) mass is 294 g/mol. The summed E-state index contributed by atoms with van der Waals surface area (Å²) in [6.07, 6.45) is 3.11. The van der Waals surface area contributed by atoms with E-state index in [4.69, 9.17) is 0 Å². The first kappa shape index (κ1) is 14.4. The largest absolute Gasteiger partial charge is 0.362 e. The summed E-state index contributed by atoms with van der Waals surface area (Å²) in [5.41, 5.74) is 0.747. The second-order valence-electron chi connectivity index (χ2n) is 4.46. The van der Waals surface area contributed by atoms with Crippen molar-refractivity contribution in [2.24, 2.45) is 0 Å². The molecule has 0 aromatic carbocycles. The Morgan fingerprint density at radius 1 is 1.55 bits per heavy atom. The molecule has 2 aromatic rings. The molecule has 0 saturated carbocycles. The van der Waals surface area contributed by atoms with E-state index in [9.17, 15) is 4.79 Å². The molecule has 7 nitrogen and oxygen atoms in total. The topological polar surface area (TPSA) is 84.7 Å². The van der Waals surface area contributed by atoms with E-state index >= 15 is 0 Å². The van der Waals surface area contributed by atoms with Crippen molar-refractivity contribution in [2.45, 2.75) is 33.4 Å². The normalized spacial score (nSPS) is 12.2. The van der Waals surface area contributed by atoms with Crippen LogP contribution in [0.1, 0.15) is 29.2 Å². The molecule has 1 amide bonds. The van der Waals surface area contributed by atoms with Gasteiger partial charge < -0.3 is 10.6 Å². The van der Waals surface area contributed by atoms with E-state index in [1.807, 2.05) is 20.8 Å². The second-order valence-corrected chi connectivity index (χ2v) is 5.45. The van der Waals surface area contributed by atoms with Crippen LogP contribution in [0.2, 0.25) is 0 Å². The Kier molecular flexibility index (Phi) is 4.67. The number of anilines is 1. The Balaban J connectivity index is 1.97. The van der Waals surface area contributed by atoms with Crippen molar-refractivity contribution >= 4 is 22.4 Å². The van der Waals surface area contributed by atoms with Gasteiger partial charge in [0.1, 0.15) is 17.5 Å². The lowest BCUT2D eigenvalue weighted by molar-refractivity contribution is 0.0939. The van der Waals surface area contributed by atoms with Crippen LogP contribution in [0, 0.1) is 6.92 Å². The number of nitrogens with one attached hydrogen (secondary N) is 2. The molecule has 2 aromatic heterocycles. The summed E-state index contributed by atoms with van der Waals surface area (Å²) in [5, 5.41) is 10.9. The molecule has 108 valence electrons. The van der Waals surface area contributed by atoms with E-state index in [1.165, 1.54) is 17.7 Å². The smallest absolute Gasteiger partial charge is 0.263 e. The standard InChI is InChI=1S/C12H18N6OS/c1-4-14-12-17-9(3)10(20-12)11(19)16-8(2)5-18-7-13-6-15-18/h6-8H,4-5H2,1-3H3,(H,14,17)(H,16,19). The highest BCUT2D eigenvalue weighted by molar-refractivity contribution is 7.17. The molecule has 0 bridgehead atoms. The molecule has 0 aliphatic carbocycles. The molecule has 2 heterocycles. The van der Waals surface area contributed by atoms with E-state index in [0.717, 1.165) is 17.4 Å². The summed E-state index contributed by atoms with van der Waals surface area (Å²) in [7, 11) is 0.